The van der Waals surface area contributed by atoms with Crippen LogP contribution in [0.4, 0.5) is 15.3 Å². The molecule has 1 N–H and O–H groups in total. The SMILES string of the molecule is Cc1ccccc1NC(=O)N1C(=O)N(C)CC1C. The number of rotatable bonds is 1. The van der Waals surface area contributed by atoms with E-state index in [4.69, 9.17) is 0 Å². The highest BCUT2D eigenvalue weighted by molar-refractivity contribution is 6.02. The molecule has 0 aromatic heterocycles. The zero-order valence-corrected chi connectivity index (χ0v) is 10.8. The third kappa shape index (κ3) is 2.16. The Labute approximate surface area is 106 Å². The maximum atomic E-state index is 12.1. The van der Waals surface area contributed by atoms with E-state index >= 15 is 0 Å². The van der Waals surface area contributed by atoms with Crippen molar-refractivity contribution >= 4 is 17.7 Å². The molecule has 0 bridgehead atoms. The van der Waals surface area contributed by atoms with Crippen LogP contribution < -0.4 is 5.32 Å². The number of amides is 4. The van der Waals surface area contributed by atoms with Crippen molar-refractivity contribution in [1.29, 1.82) is 0 Å². The normalized spacial score (nSPS) is 19.3. The number of urea groups is 2. The predicted molar refractivity (Wildman–Crippen MR) is 69.5 cm³/mol. The molecule has 1 heterocycles. The minimum atomic E-state index is -0.369. The van der Waals surface area contributed by atoms with Crippen molar-refractivity contribution in [1.82, 2.24) is 9.80 Å². The van der Waals surface area contributed by atoms with Crippen molar-refractivity contribution in [3.05, 3.63) is 29.8 Å². The lowest BCUT2D eigenvalue weighted by Crippen LogP contribution is -2.41. The molecule has 18 heavy (non-hydrogen) atoms. The first-order valence-corrected chi connectivity index (χ1v) is 5.91. The van der Waals surface area contributed by atoms with Crippen LogP contribution in [0.5, 0.6) is 0 Å². The summed E-state index contributed by atoms with van der Waals surface area (Å²) in [4.78, 5) is 26.7. The standard InChI is InChI=1S/C13H17N3O2/c1-9-6-4-5-7-11(9)14-12(17)16-10(2)8-15(3)13(16)18/h4-7,10H,8H2,1-3H3,(H,14,17). The Kier molecular flexibility index (Phi) is 3.23. The highest BCUT2D eigenvalue weighted by Gasteiger charge is 2.36. The van der Waals surface area contributed by atoms with Gasteiger partial charge < -0.3 is 10.2 Å². The molecule has 1 unspecified atom stereocenters. The van der Waals surface area contributed by atoms with Crippen LogP contribution in [0.3, 0.4) is 0 Å². The van der Waals surface area contributed by atoms with Crippen LogP contribution in [-0.2, 0) is 0 Å². The third-order valence-electron chi connectivity index (χ3n) is 3.12. The average molecular weight is 247 g/mol. The van der Waals surface area contributed by atoms with Gasteiger partial charge in [-0.05, 0) is 25.5 Å². The summed E-state index contributed by atoms with van der Waals surface area (Å²) in [6.07, 6.45) is 0. The third-order valence-corrected chi connectivity index (χ3v) is 3.12. The van der Waals surface area contributed by atoms with Gasteiger partial charge in [0.2, 0.25) is 0 Å². The largest absolute Gasteiger partial charge is 0.330 e. The summed E-state index contributed by atoms with van der Waals surface area (Å²) in [5.74, 6) is 0. The molecule has 0 radical (unpaired) electrons. The van der Waals surface area contributed by atoms with Crippen LogP contribution in [0, 0.1) is 6.92 Å². The van der Waals surface area contributed by atoms with Gasteiger partial charge in [-0.3, -0.25) is 0 Å². The number of imide groups is 1. The summed E-state index contributed by atoms with van der Waals surface area (Å²) in [5.41, 5.74) is 1.70. The van der Waals surface area contributed by atoms with Crippen LogP contribution in [-0.4, -0.2) is 41.5 Å². The number of likely N-dealkylation sites (N-methyl/N-ethyl adjacent to an activating group) is 1. The van der Waals surface area contributed by atoms with Crippen molar-refractivity contribution in [2.45, 2.75) is 19.9 Å². The Hall–Kier alpha value is -2.04. The number of nitrogens with zero attached hydrogens (tertiary/aromatic N) is 2. The van der Waals surface area contributed by atoms with E-state index in [9.17, 15) is 9.59 Å². The molecule has 1 aromatic rings. The minimum Gasteiger partial charge on any atom is -0.325 e. The molecule has 1 aliphatic rings. The van der Waals surface area contributed by atoms with Crippen molar-refractivity contribution in [3.63, 3.8) is 0 Å². The van der Waals surface area contributed by atoms with Crippen molar-refractivity contribution < 1.29 is 9.59 Å². The number of hydrogen-bond acceptors (Lipinski definition) is 2. The van der Waals surface area contributed by atoms with Crippen LogP contribution in [0.15, 0.2) is 24.3 Å². The molecule has 0 saturated carbocycles. The van der Waals surface area contributed by atoms with Gasteiger partial charge in [-0.2, -0.15) is 0 Å². The molecule has 1 saturated heterocycles. The number of nitrogens with one attached hydrogen (secondary N) is 1. The van der Waals surface area contributed by atoms with Gasteiger partial charge in [0, 0.05) is 19.3 Å². The first-order valence-electron chi connectivity index (χ1n) is 5.91. The van der Waals surface area contributed by atoms with Gasteiger partial charge in [0.05, 0.1) is 6.04 Å². The first-order chi connectivity index (χ1) is 8.50. The number of benzene rings is 1. The summed E-state index contributed by atoms with van der Waals surface area (Å²) >= 11 is 0. The predicted octanol–water partition coefficient (Wildman–Crippen LogP) is 2.28. The number of carbonyl (C=O) groups excluding carboxylic acids is 2. The molecule has 0 aliphatic carbocycles. The molecule has 1 aromatic carbocycles. The number of anilines is 1. The fraction of sp³-hybridized carbons (Fsp3) is 0.385. The van der Waals surface area contributed by atoms with Crippen molar-refractivity contribution in [3.8, 4) is 0 Å². The van der Waals surface area contributed by atoms with Crippen LogP contribution in [0.1, 0.15) is 12.5 Å². The van der Waals surface area contributed by atoms with E-state index in [2.05, 4.69) is 5.32 Å². The Bertz CT molecular complexity index is 487. The Balaban J connectivity index is 2.14. The molecule has 1 fully saturated rings. The van der Waals surface area contributed by atoms with Gasteiger partial charge in [-0.1, -0.05) is 18.2 Å². The minimum absolute atomic E-state index is 0.105. The Morgan fingerprint density at radius 2 is 2.06 bits per heavy atom. The molecule has 1 atom stereocenters. The summed E-state index contributed by atoms with van der Waals surface area (Å²) in [6.45, 7) is 4.34. The van der Waals surface area contributed by atoms with Gasteiger partial charge in [-0.25, -0.2) is 14.5 Å². The average Bonchev–Trinajstić information content (AvgIpc) is 2.56. The van der Waals surface area contributed by atoms with Gasteiger partial charge in [0.1, 0.15) is 0 Å². The number of carbonyl (C=O) groups is 2. The summed E-state index contributed by atoms with van der Waals surface area (Å²) in [6, 6.07) is 6.76. The lowest BCUT2D eigenvalue weighted by Gasteiger charge is -2.19. The zero-order chi connectivity index (χ0) is 13.3. The number of para-hydroxylation sites is 1. The Morgan fingerprint density at radius 1 is 1.39 bits per heavy atom. The summed E-state index contributed by atoms with van der Waals surface area (Å²) < 4.78 is 0. The van der Waals surface area contributed by atoms with E-state index in [-0.39, 0.29) is 18.1 Å². The molecule has 96 valence electrons. The highest BCUT2D eigenvalue weighted by Crippen LogP contribution is 2.18. The summed E-state index contributed by atoms with van der Waals surface area (Å²) in [5, 5.41) is 2.77. The van der Waals surface area contributed by atoms with Crippen molar-refractivity contribution in [2.75, 3.05) is 18.9 Å². The first kappa shape index (κ1) is 12.4. The second-order valence-electron chi connectivity index (χ2n) is 4.63. The lowest BCUT2D eigenvalue weighted by atomic mass is 10.2. The van der Waals surface area contributed by atoms with E-state index in [0.717, 1.165) is 11.3 Å². The molecule has 0 spiro atoms. The summed E-state index contributed by atoms with van der Waals surface area (Å²) in [7, 11) is 1.69. The zero-order valence-electron chi connectivity index (χ0n) is 10.8. The van der Waals surface area contributed by atoms with Gasteiger partial charge in [0.15, 0.2) is 0 Å². The highest BCUT2D eigenvalue weighted by atomic mass is 16.2. The van der Waals surface area contributed by atoms with E-state index < -0.39 is 0 Å². The topological polar surface area (TPSA) is 52.7 Å². The number of hydrogen-bond donors (Lipinski definition) is 1. The number of aryl methyl sites for hydroxylation is 1. The fourth-order valence-corrected chi connectivity index (χ4v) is 2.10. The van der Waals surface area contributed by atoms with E-state index in [1.54, 1.807) is 11.9 Å². The van der Waals surface area contributed by atoms with Crippen LogP contribution >= 0.6 is 0 Å². The Morgan fingerprint density at radius 3 is 2.61 bits per heavy atom. The van der Waals surface area contributed by atoms with E-state index in [1.165, 1.54) is 4.90 Å². The maximum Gasteiger partial charge on any atom is 0.330 e. The molecule has 2 rings (SSSR count). The lowest BCUT2D eigenvalue weighted by molar-refractivity contribution is 0.190. The van der Waals surface area contributed by atoms with E-state index in [0.29, 0.717) is 6.54 Å². The second kappa shape index (κ2) is 4.68. The fourth-order valence-electron chi connectivity index (χ4n) is 2.10. The molecule has 4 amide bonds. The molecule has 5 heteroatoms. The maximum absolute atomic E-state index is 12.1. The molecule has 1 aliphatic heterocycles. The second-order valence-corrected chi connectivity index (χ2v) is 4.63. The van der Waals surface area contributed by atoms with E-state index in [1.807, 2.05) is 38.1 Å². The monoisotopic (exact) mass is 247 g/mol. The smallest absolute Gasteiger partial charge is 0.325 e. The van der Waals surface area contributed by atoms with Gasteiger partial charge in [0.25, 0.3) is 0 Å². The van der Waals surface area contributed by atoms with Crippen LogP contribution in [0.25, 0.3) is 0 Å². The molecular formula is C13H17N3O2. The quantitative estimate of drug-likeness (QED) is 0.827. The van der Waals surface area contributed by atoms with Crippen molar-refractivity contribution in [2.24, 2.45) is 0 Å². The molecule has 5 nitrogen and oxygen atoms in total. The van der Waals surface area contributed by atoms with Gasteiger partial charge in [-0.15, -0.1) is 0 Å². The van der Waals surface area contributed by atoms with Crippen LogP contribution in [0.2, 0.25) is 0 Å². The molecular weight excluding hydrogens is 230 g/mol. The van der Waals surface area contributed by atoms with Gasteiger partial charge >= 0.3 is 12.1 Å².